The zero-order valence-electron chi connectivity index (χ0n) is 10.2. The lowest BCUT2D eigenvalue weighted by Crippen LogP contribution is -2.45. The molecule has 1 amide bonds. The number of halogens is 3. The van der Waals surface area contributed by atoms with E-state index in [1.807, 2.05) is 0 Å². The summed E-state index contributed by atoms with van der Waals surface area (Å²) in [5, 5.41) is 1.50. The Kier molecular flexibility index (Phi) is 4.04. The van der Waals surface area contributed by atoms with Crippen molar-refractivity contribution >= 4 is 5.91 Å². The van der Waals surface area contributed by atoms with Gasteiger partial charge in [-0.2, -0.15) is 13.2 Å². The highest BCUT2D eigenvalue weighted by molar-refractivity contribution is 5.76. The van der Waals surface area contributed by atoms with Gasteiger partial charge in [-0.15, -0.1) is 0 Å². The number of rotatable bonds is 3. The Hall–Kier alpha value is -1.63. The van der Waals surface area contributed by atoms with E-state index in [2.05, 4.69) is 10.4 Å². The number of carbonyl (C=O) groups is 1. The number of carbonyl (C=O) groups excluding carboxylic acids is 1. The molecule has 1 aromatic heterocycles. The third-order valence-electron chi connectivity index (χ3n) is 2.93. The third kappa shape index (κ3) is 3.66. The second kappa shape index (κ2) is 5.56. The molecule has 7 heteroatoms. The molecule has 0 aliphatic carbocycles. The highest BCUT2D eigenvalue weighted by atomic mass is 19.4. The van der Waals surface area contributed by atoms with Crippen molar-refractivity contribution in [1.82, 2.24) is 15.4 Å². The highest BCUT2D eigenvalue weighted by Crippen LogP contribution is 2.28. The van der Waals surface area contributed by atoms with Gasteiger partial charge in [0.15, 0.2) is 0 Å². The smallest absolute Gasteiger partial charge is 0.278 e. The van der Waals surface area contributed by atoms with Crippen molar-refractivity contribution in [2.45, 2.75) is 32.0 Å². The first-order valence-electron chi connectivity index (χ1n) is 6.03. The van der Waals surface area contributed by atoms with Gasteiger partial charge < -0.3 is 0 Å². The van der Waals surface area contributed by atoms with Gasteiger partial charge in [-0.3, -0.25) is 14.8 Å². The van der Waals surface area contributed by atoms with E-state index in [-0.39, 0.29) is 12.5 Å². The number of aromatic nitrogens is 1. The average Bonchev–Trinajstić information content (AvgIpc) is 2.37. The number of hydrogen-bond donors (Lipinski definition) is 1. The molecule has 19 heavy (non-hydrogen) atoms. The summed E-state index contributed by atoms with van der Waals surface area (Å²) >= 11 is 0. The normalized spacial score (nSPS) is 16.8. The standard InChI is InChI=1S/C12H14F3N3O/c13-12(14,15)9-4-5-10(16-7-9)8-17-18-6-2-1-3-11(18)19/h4-5,7,17H,1-3,6,8H2. The summed E-state index contributed by atoms with van der Waals surface area (Å²) in [5.41, 5.74) is 2.58. The summed E-state index contributed by atoms with van der Waals surface area (Å²) < 4.78 is 37.0. The Balaban J connectivity index is 1.91. The number of amides is 1. The molecule has 1 aromatic rings. The SMILES string of the molecule is O=C1CCCCN1NCc1ccc(C(F)(F)F)cn1. The molecule has 0 saturated carbocycles. The summed E-state index contributed by atoms with van der Waals surface area (Å²) in [6, 6.07) is 2.30. The number of piperidine rings is 1. The number of alkyl halides is 3. The fraction of sp³-hybridized carbons (Fsp3) is 0.500. The van der Waals surface area contributed by atoms with Gasteiger partial charge in [0.25, 0.3) is 0 Å². The molecular formula is C12H14F3N3O. The maximum absolute atomic E-state index is 12.3. The van der Waals surface area contributed by atoms with Crippen LogP contribution in [0.5, 0.6) is 0 Å². The molecule has 4 nitrogen and oxygen atoms in total. The molecule has 1 aliphatic heterocycles. The molecule has 2 rings (SSSR count). The predicted molar refractivity (Wildman–Crippen MR) is 61.6 cm³/mol. The molecule has 104 valence electrons. The first kappa shape index (κ1) is 13.8. The van der Waals surface area contributed by atoms with Crippen LogP contribution in [0.25, 0.3) is 0 Å². The van der Waals surface area contributed by atoms with Crippen LogP contribution in [0, 0.1) is 0 Å². The van der Waals surface area contributed by atoms with Crippen molar-refractivity contribution in [2.75, 3.05) is 6.54 Å². The van der Waals surface area contributed by atoms with Gasteiger partial charge in [0.2, 0.25) is 5.91 Å². The van der Waals surface area contributed by atoms with Gasteiger partial charge in [-0.05, 0) is 25.0 Å². The summed E-state index contributed by atoms with van der Waals surface area (Å²) in [4.78, 5) is 15.2. The Morgan fingerprint density at radius 2 is 2.11 bits per heavy atom. The largest absolute Gasteiger partial charge is 0.417 e. The number of hydrogen-bond acceptors (Lipinski definition) is 3. The molecule has 0 bridgehead atoms. The van der Waals surface area contributed by atoms with Crippen LogP contribution < -0.4 is 5.43 Å². The third-order valence-corrected chi connectivity index (χ3v) is 2.93. The van der Waals surface area contributed by atoms with Crippen LogP contribution in [0.3, 0.4) is 0 Å². The van der Waals surface area contributed by atoms with E-state index in [9.17, 15) is 18.0 Å². The fourth-order valence-corrected chi connectivity index (χ4v) is 1.85. The van der Waals surface area contributed by atoms with Crippen LogP contribution in [0.2, 0.25) is 0 Å². The zero-order valence-corrected chi connectivity index (χ0v) is 10.2. The van der Waals surface area contributed by atoms with Crippen LogP contribution in [-0.2, 0) is 17.5 Å². The monoisotopic (exact) mass is 273 g/mol. The fourth-order valence-electron chi connectivity index (χ4n) is 1.85. The van der Waals surface area contributed by atoms with Crippen molar-refractivity contribution in [1.29, 1.82) is 0 Å². The van der Waals surface area contributed by atoms with E-state index in [1.165, 1.54) is 11.1 Å². The van der Waals surface area contributed by atoms with Crippen molar-refractivity contribution in [3.05, 3.63) is 29.6 Å². The number of pyridine rings is 1. The second-order valence-corrected chi connectivity index (χ2v) is 4.37. The maximum Gasteiger partial charge on any atom is 0.417 e. The van der Waals surface area contributed by atoms with Gasteiger partial charge >= 0.3 is 6.18 Å². The van der Waals surface area contributed by atoms with E-state index in [1.54, 1.807) is 0 Å². The van der Waals surface area contributed by atoms with Gasteiger partial charge in [0, 0.05) is 19.2 Å². The van der Waals surface area contributed by atoms with E-state index < -0.39 is 11.7 Å². The van der Waals surface area contributed by atoms with Crippen molar-refractivity contribution < 1.29 is 18.0 Å². The minimum absolute atomic E-state index is 0.0122. The predicted octanol–water partition coefficient (Wildman–Crippen LogP) is 2.12. The molecule has 0 unspecified atom stereocenters. The molecule has 1 fully saturated rings. The van der Waals surface area contributed by atoms with Crippen molar-refractivity contribution in [3.63, 3.8) is 0 Å². The number of nitrogens with zero attached hydrogens (tertiary/aromatic N) is 2. The summed E-state index contributed by atoms with van der Waals surface area (Å²) in [6.07, 6.45) is -1.25. The molecule has 0 spiro atoms. The average molecular weight is 273 g/mol. The zero-order chi connectivity index (χ0) is 13.9. The molecule has 0 aromatic carbocycles. The van der Waals surface area contributed by atoms with E-state index >= 15 is 0 Å². The quantitative estimate of drug-likeness (QED) is 0.917. The van der Waals surface area contributed by atoms with Gasteiger partial charge in [0.05, 0.1) is 17.8 Å². The summed E-state index contributed by atoms with van der Waals surface area (Å²) in [6.45, 7) is 0.864. The van der Waals surface area contributed by atoms with E-state index in [0.717, 1.165) is 25.1 Å². The Morgan fingerprint density at radius 3 is 2.68 bits per heavy atom. The molecule has 1 aliphatic rings. The van der Waals surface area contributed by atoms with Crippen LogP contribution in [0.15, 0.2) is 18.3 Å². The molecular weight excluding hydrogens is 259 g/mol. The van der Waals surface area contributed by atoms with Gasteiger partial charge in [-0.25, -0.2) is 5.43 Å². The minimum atomic E-state index is -4.37. The maximum atomic E-state index is 12.3. The Bertz CT molecular complexity index is 445. The molecule has 2 heterocycles. The van der Waals surface area contributed by atoms with Gasteiger partial charge in [-0.1, -0.05) is 0 Å². The van der Waals surface area contributed by atoms with Crippen molar-refractivity contribution in [2.24, 2.45) is 0 Å². The van der Waals surface area contributed by atoms with Crippen LogP contribution in [0.1, 0.15) is 30.5 Å². The van der Waals surface area contributed by atoms with Crippen molar-refractivity contribution in [3.8, 4) is 0 Å². The first-order valence-corrected chi connectivity index (χ1v) is 6.03. The lowest BCUT2D eigenvalue weighted by atomic mass is 10.1. The summed E-state index contributed by atoms with van der Waals surface area (Å²) in [5.74, 6) is 0.0122. The Morgan fingerprint density at radius 1 is 1.32 bits per heavy atom. The Labute approximate surface area is 108 Å². The second-order valence-electron chi connectivity index (χ2n) is 4.37. The minimum Gasteiger partial charge on any atom is -0.278 e. The lowest BCUT2D eigenvalue weighted by Gasteiger charge is -2.27. The number of nitrogens with one attached hydrogen (secondary N) is 1. The molecule has 0 atom stereocenters. The topological polar surface area (TPSA) is 45.2 Å². The van der Waals surface area contributed by atoms with Crippen LogP contribution >= 0.6 is 0 Å². The molecule has 1 N–H and O–H groups in total. The highest BCUT2D eigenvalue weighted by Gasteiger charge is 2.30. The first-order chi connectivity index (χ1) is 8.97. The van der Waals surface area contributed by atoms with E-state index in [0.29, 0.717) is 18.7 Å². The molecule has 1 saturated heterocycles. The van der Waals surface area contributed by atoms with Crippen LogP contribution in [-0.4, -0.2) is 22.4 Å². The van der Waals surface area contributed by atoms with E-state index in [4.69, 9.17) is 0 Å². The number of hydrazine groups is 1. The van der Waals surface area contributed by atoms with Crippen LogP contribution in [0.4, 0.5) is 13.2 Å². The lowest BCUT2D eigenvalue weighted by molar-refractivity contribution is -0.138. The molecule has 0 radical (unpaired) electrons. The summed E-state index contributed by atoms with van der Waals surface area (Å²) in [7, 11) is 0. The van der Waals surface area contributed by atoms with Gasteiger partial charge in [0.1, 0.15) is 0 Å².